The molecule has 28 heavy (non-hydrogen) atoms. The number of ether oxygens (including phenoxy) is 2. The molecule has 1 heterocycles. The first-order valence-electron chi connectivity index (χ1n) is 9.44. The smallest absolute Gasteiger partial charge is 0.191 e. The van der Waals surface area contributed by atoms with Crippen molar-refractivity contribution in [2.45, 2.75) is 46.2 Å². The molecule has 1 aromatic heterocycles. The minimum atomic E-state index is 0.0688. The lowest BCUT2D eigenvalue weighted by molar-refractivity contribution is 0.145. The number of thiazole rings is 1. The van der Waals surface area contributed by atoms with Crippen molar-refractivity contribution in [2.75, 3.05) is 27.4 Å². The van der Waals surface area contributed by atoms with E-state index in [1.54, 1.807) is 25.5 Å². The Kier molecular flexibility index (Phi) is 8.26. The number of nitrogens with one attached hydrogen (secondary N) is 2. The lowest BCUT2D eigenvalue weighted by atomic mass is 9.93. The maximum absolute atomic E-state index is 5.85. The highest BCUT2D eigenvalue weighted by Gasteiger charge is 2.17. The zero-order chi connectivity index (χ0) is 20.6. The Hall–Kier alpha value is -2.12. The molecule has 0 fully saturated rings. The lowest BCUT2D eigenvalue weighted by Crippen LogP contribution is -2.36. The second-order valence-corrected chi connectivity index (χ2v) is 8.55. The zero-order valence-electron chi connectivity index (χ0n) is 17.8. The van der Waals surface area contributed by atoms with Gasteiger partial charge in [0.1, 0.15) is 17.4 Å². The molecule has 0 aliphatic rings. The minimum absolute atomic E-state index is 0.0688. The molecule has 0 aliphatic heterocycles. The fourth-order valence-electron chi connectivity index (χ4n) is 2.47. The molecule has 6 nitrogen and oxygen atoms in total. The Labute approximate surface area is 172 Å². The van der Waals surface area contributed by atoms with Crippen molar-refractivity contribution in [2.24, 2.45) is 4.99 Å². The van der Waals surface area contributed by atoms with Crippen molar-refractivity contribution in [3.8, 4) is 5.75 Å². The second-order valence-electron chi connectivity index (χ2n) is 7.61. The first-order chi connectivity index (χ1) is 13.3. The highest BCUT2D eigenvalue weighted by molar-refractivity contribution is 7.09. The van der Waals surface area contributed by atoms with E-state index in [0.29, 0.717) is 26.3 Å². The molecule has 1 aromatic carbocycles. The van der Waals surface area contributed by atoms with Gasteiger partial charge in [0.05, 0.1) is 18.8 Å². The molecule has 2 aromatic rings. The molecule has 0 saturated heterocycles. The molecule has 0 atom stereocenters. The first kappa shape index (κ1) is 22.2. The van der Waals surface area contributed by atoms with E-state index in [4.69, 9.17) is 14.5 Å². The molecule has 0 unspecified atom stereocenters. The van der Waals surface area contributed by atoms with Crippen LogP contribution in [-0.2, 0) is 23.2 Å². The lowest BCUT2D eigenvalue weighted by Gasteiger charge is -2.15. The monoisotopic (exact) mass is 404 g/mol. The van der Waals surface area contributed by atoms with E-state index < -0.39 is 0 Å². The molecule has 0 saturated carbocycles. The van der Waals surface area contributed by atoms with Gasteiger partial charge in [-0.15, -0.1) is 11.3 Å². The topological polar surface area (TPSA) is 67.8 Å². The van der Waals surface area contributed by atoms with E-state index in [-0.39, 0.29) is 5.41 Å². The number of hydrogen-bond acceptors (Lipinski definition) is 5. The van der Waals surface area contributed by atoms with Crippen molar-refractivity contribution < 1.29 is 9.47 Å². The van der Waals surface area contributed by atoms with Crippen LogP contribution in [0.4, 0.5) is 0 Å². The van der Waals surface area contributed by atoms with Gasteiger partial charge >= 0.3 is 0 Å². The summed E-state index contributed by atoms with van der Waals surface area (Å²) < 4.78 is 10.9. The molecule has 0 spiro atoms. The molecule has 0 aliphatic carbocycles. The van der Waals surface area contributed by atoms with E-state index in [9.17, 15) is 0 Å². The number of aliphatic imine (C=N–C) groups is 1. The van der Waals surface area contributed by atoms with E-state index in [2.05, 4.69) is 60.8 Å². The largest absolute Gasteiger partial charge is 0.491 e. The van der Waals surface area contributed by atoms with Gasteiger partial charge in [0.25, 0.3) is 0 Å². The number of aromatic nitrogens is 1. The summed E-state index contributed by atoms with van der Waals surface area (Å²) in [5.74, 6) is 1.60. The maximum Gasteiger partial charge on any atom is 0.191 e. The Morgan fingerprint density at radius 3 is 2.57 bits per heavy atom. The molecule has 7 heteroatoms. The van der Waals surface area contributed by atoms with E-state index >= 15 is 0 Å². The average Bonchev–Trinajstić information content (AvgIpc) is 3.13. The van der Waals surface area contributed by atoms with E-state index in [0.717, 1.165) is 33.5 Å². The van der Waals surface area contributed by atoms with Crippen molar-refractivity contribution in [1.82, 2.24) is 15.6 Å². The summed E-state index contributed by atoms with van der Waals surface area (Å²) in [5, 5.41) is 9.85. The zero-order valence-corrected chi connectivity index (χ0v) is 18.6. The highest BCUT2D eigenvalue weighted by Crippen LogP contribution is 2.24. The van der Waals surface area contributed by atoms with Crippen molar-refractivity contribution >= 4 is 17.3 Å². The normalized spacial score (nSPS) is 12.1. The summed E-state index contributed by atoms with van der Waals surface area (Å²) in [6.07, 6.45) is 0. The van der Waals surface area contributed by atoms with Gasteiger partial charge in [-0.25, -0.2) is 4.98 Å². The first-order valence-corrected chi connectivity index (χ1v) is 10.3. The number of methoxy groups -OCH3 is 1. The van der Waals surface area contributed by atoms with Crippen LogP contribution < -0.4 is 15.4 Å². The van der Waals surface area contributed by atoms with Crippen LogP contribution in [0.15, 0.2) is 28.6 Å². The Bertz CT molecular complexity index is 781. The third-order valence-corrected chi connectivity index (χ3v) is 5.01. The second kappa shape index (κ2) is 10.4. The quantitative estimate of drug-likeness (QED) is 0.399. The van der Waals surface area contributed by atoms with Gasteiger partial charge in [-0.1, -0.05) is 32.9 Å². The third kappa shape index (κ3) is 6.80. The number of rotatable bonds is 8. The van der Waals surface area contributed by atoms with E-state index in [1.165, 1.54) is 0 Å². The van der Waals surface area contributed by atoms with Crippen LogP contribution in [0.3, 0.4) is 0 Å². The molecule has 0 bridgehead atoms. The van der Waals surface area contributed by atoms with Gasteiger partial charge in [-0.3, -0.25) is 4.99 Å². The summed E-state index contributed by atoms with van der Waals surface area (Å²) in [7, 11) is 3.44. The van der Waals surface area contributed by atoms with Crippen LogP contribution in [0, 0.1) is 6.92 Å². The van der Waals surface area contributed by atoms with E-state index in [1.807, 2.05) is 6.07 Å². The number of nitrogens with zero attached hydrogens (tertiary/aromatic N) is 2. The predicted molar refractivity (Wildman–Crippen MR) is 116 cm³/mol. The number of aryl methyl sites for hydroxylation is 1. The number of hydrogen-bond donors (Lipinski definition) is 2. The fourth-order valence-corrected chi connectivity index (χ4v) is 3.43. The van der Waals surface area contributed by atoms with Crippen LogP contribution in [-0.4, -0.2) is 38.3 Å². The van der Waals surface area contributed by atoms with Gasteiger partial charge < -0.3 is 20.1 Å². The van der Waals surface area contributed by atoms with Crippen LogP contribution in [0.1, 0.15) is 42.6 Å². The molecule has 0 amide bonds. The summed E-state index contributed by atoms with van der Waals surface area (Å²) in [6.45, 7) is 10.9. The Morgan fingerprint density at radius 1 is 1.18 bits per heavy atom. The van der Waals surface area contributed by atoms with Crippen LogP contribution in [0.5, 0.6) is 5.75 Å². The minimum Gasteiger partial charge on any atom is -0.491 e. The average molecular weight is 405 g/mol. The summed E-state index contributed by atoms with van der Waals surface area (Å²) in [5.41, 5.74) is 3.43. The van der Waals surface area contributed by atoms with Gasteiger partial charge in [0, 0.05) is 37.1 Å². The van der Waals surface area contributed by atoms with Crippen molar-refractivity contribution in [3.63, 3.8) is 0 Å². The molecular weight excluding hydrogens is 372 g/mol. The number of benzene rings is 1. The summed E-state index contributed by atoms with van der Waals surface area (Å²) in [6, 6.07) is 6.21. The third-order valence-electron chi connectivity index (χ3n) is 4.16. The van der Waals surface area contributed by atoms with Crippen LogP contribution >= 0.6 is 11.3 Å². The van der Waals surface area contributed by atoms with Gasteiger partial charge in [-0.05, 0) is 18.6 Å². The molecule has 2 N–H and O–H groups in total. The molecule has 0 radical (unpaired) electrons. The summed E-state index contributed by atoms with van der Waals surface area (Å²) in [4.78, 5) is 9.02. The van der Waals surface area contributed by atoms with Gasteiger partial charge in [0.2, 0.25) is 0 Å². The van der Waals surface area contributed by atoms with Gasteiger partial charge in [0.15, 0.2) is 5.96 Å². The highest BCUT2D eigenvalue weighted by atomic mass is 32.1. The van der Waals surface area contributed by atoms with Crippen molar-refractivity contribution in [1.29, 1.82) is 0 Å². The standard InChI is InChI=1S/C21H32N4O2S/c1-15-7-8-16(17(11-15)27-10-9-26-6)12-23-20(22-5)24-13-19-25-18(14-28-19)21(2,3)4/h7-8,11,14H,9-10,12-13H2,1-6H3,(H2,22,23,24). The molecule has 2 rings (SSSR count). The maximum atomic E-state index is 5.85. The molecule has 154 valence electrons. The van der Waals surface area contributed by atoms with Crippen molar-refractivity contribution in [3.05, 3.63) is 45.4 Å². The van der Waals surface area contributed by atoms with Crippen LogP contribution in [0.25, 0.3) is 0 Å². The fraction of sp³-hybridized carbons (Fsp3) is 0.524. The number of guanidine groups is 1. The van der Waals surface area contributed by atoms with Gasteiger partial charge in [-0.2, -0.15) is 0 Å². The van der Waals surface area contributed by atoms with Crippen LogP contribution in [0.2, 0.25) is 0 Å². The Morgan fingerprint density at radius 2 is 1.93 bits per heavy atom. The SMILES string of the molecule is CN=C(NCc1nc(C(C)(C)C)cs1)NCc1ccc(C)cc1OCCOC. The summed E-state index contributed by atoms with van der Waals surface area (Å²) >= 11 is 1.67. The Balaban J connectivity index is 1.92. The molecular formula is C21H32N4O2S. The predicted octanol–water partition coefficient (Wildman–Crippen LogP) is 3.64.